The van der Waals surface area contributed by atoms with Crippen molar-refractivity contribution in [3.8, 4) is 0 Å². The van der Waals surface area contributed by atoms with Crippen LogP contribution in [0.1, 0.15) is 33.6 Å². The van der Waals surface area contributed by atoms with Crippen LogP contribution in [0.25, 0.3) is 0 Å². The summed E-state index contributed by atoms with van der Waals surface area (Å²) in [5, 5.41) is 12.5. The number of nitrogens with one attached hydrogen (secondary N) is 2. The molecule has 0 radical (unpaired) electrons. The number of carbonyl (C=O) groups excluding carboxylic acids is 1. The summed E-state index contributed by atoms with van der Waals surface area (Å²) in [5.74, 6) is -1.85. The summed E-state index contributed by atoms with van der Waals surface area (Å²) in [6, 6.07) is -1.13. The number of carboxylic acids is 1. The molecule has 0 heterocycles. The molecule has 0 saturated heterocycles. The molecule has 1 aliphatic rings. The molecule has 5 nitrogen and oxygen atoms in total. The normalized spacial score (nSPS) is 20.1. The highest BCUT2D eigenvalue weighted by molar-refractivity contribution is 5.86. The van der Waals surface area contributed by atoms with Crippen molar-refractivity contribution in [2.45, 2.75) is 45.3 Å². The molecule has 1 unspecified atom stereocenters. The van der Waals surface area contributed by atoms with E-state index in [2.05, 4.69) is 5.32 Å². The van der Waals surface area contributed by atoms with Gasteiger partial charge in [-0.2, -0.15) is 13.2 Å². The summed E-state index contributed by atoms with van der Waals surface area (Å²) < 4.78 is 38.1. The minimum atomic E-state index is -5.08. The van der Waals surface area contributed by atoms with Crippen molar-refractivity contribution < 1.29 is 27.9 Å². The third kappa shape index (κ3) is 3.16. The van der Waals surface area contributed by atoms with Gasteiger partial charge >= 0.3 is 18.2 Å². The predicted molar refractivity (Wildman–Crippen MR) is 65.1 cm³/mol. The Bertz CT molecular complexity index is 405. The van der Waals surface area contributed by atoms with Gasteiger partial charge in [0.2, 0.25) is 5.54 Å². The van der Waals surface area contributed by atoms with Gasteiger partial charge in [0, 0.05) is 6.54 Å². The van der Waals surface area contributed by atoms with E-state index < -0.39 is 23.7 Å². The van der Waals surface area contributed by atoms with Crippen molar-refractivity contribution in [2.75, 3.05) is 6.54 Å². The number of aliphatic carboxylic acids is 1. The summed E-state index contributed by atoms with van der Waals surface area (Å²) in [5.41, 5.74) is -3.37. The summed E-state index contributed by atoms with van der Waals surface area (Å²) in [7, 11) is 0. The SMILES string of the molecule is CC(C)C1(CNC(=O)NC(C)(C(=O)O)C(F)(F)F)CC1. The van der Waals surface area contributed by atoms with Gasteiger partial charge in [-0.25, -0.2) is 9.59 Å². The van der Waals surface area contributed by atoms with Crippen molar-refractivity contribution in [3.63, 3.8) is 0 Å². The fraction of sp³-hybridized carbons (Fsp3) is 0.833. The van der Waals surface area contributed by atoms with E-state index in [1.807, 2.05) is 13.8 Å². The molecule has 1 aliphatic carbocycles. The van der Waals surface area contributed by atoms with Gasteiger partial charge in [-0.1, -0.05) is 13.8 Å². The zero-order valence-electron chi connectivity index (χ0n) is 11.6. The number of halogens is 3. The maximum absolute atomic E-state index is 12.7. The highest BCUT2D eigenvalue weighted by Crippen LogP contribution is 2.51. The van der Waals surface area contributed by atoms with Crippen LogP contribution in [0.2, 0.25) is 0 Å². The number of carboxylic acid groups (broad SMARTS) is 1. The molecule has 0 aromatic carbocycles. The predicted octanol–water partition coefficient (Wildman–Crippen LogP) is 2.13. The first-order valence-corrected chi connectivity index (χ1v) is 6.31. The van der Waals surface area contributed by atoms with E-state index in [1.165, 1.54) is 5.32 Å². The zero-order valence-corrected chi connectivity index (χ0v) is 11.6. The lowest BCUT2D eigenvalue weighted by molar-refractivity contribution is -0.203. The van der Waals surface area contributed by atoms with E-state index in [9.17, 15) is 22.8 Å². The quantitative estimate of drug-likeness (QED) is 0.727. The number of alkyl halides is 3. The van der Waals surface area contributed by atoms with Crippen molar-refractivity contribution in [2.24, 2.45) is 11.3 Å². The average Bonchev–Trinajstić information content (AvgIpc) is 3.05. The minimum Gasteiger partial charge on any atom is -0.479 e. The van der Waals surface area contributed by atoms with E-state index in [0.717, 1.165) is 12.8 Å². The van der Waals surface area contributed by atoms with Crippen LogP contribution in [0.4, 0.5) is 18.0 Å². The lowest BCUT2D eigenvalue weighted by Crippen LogP contribution is -2.63. The first kappa shape index (κ1) is 16.6. The number of carbonyl (C=O) groups is 2. The maximum atomic E-state index is 12.7. The minimum absolute atomic E-state index is 0.0742. The maximum Gasteiger partial charge on any atom is 0.422 e. The third-order valence-electron chi connectivity index (χ3n) is 4.08. The molecule has 0 aromatic rings. The molecule has 116 valence electrons. The van der Waals surface area contributed by atoms with Gasteiger partial charge in [0.1, 0.15) is 0 Å². The summed E-state index contributed by atoms with van der Waals surface area (Å²) >= 11 is 0. The number of hydrogen-bond donors (Lipinski definition) is 3. The fourth-order valence-corrected chi connectivity index (χ4v) is 1.89. The molecule has 3 N–H and O–H groups in total. The van der Waals surface area contributed by atoms with E-state index in [4.69, 9.17) is 5.11 Å². The third-order valence-corrected chi connectivity index (χ3v) is 4.08. The molecule has 8 heteroatoms. The molecule has 1 fully saturated rings. The number of amides is 2. The number of rotatable bonds is 5. The molecule has 20 heavy (non-hydrogen) atoms. The van der Waals surface area contributed by atoms with Crippen molar-refractivity contribution in [3.05, 3.63) is 0 Å². The molecule has 0 aliphatic heterocycles. The standard InChI is InChI=1S/C12H19F3N2O3/c1-7(2)11(4-5-11)6-16-9(20)17-10(3,8(18)19)12(13,14)15/h7H,4-6H2,1-3H3,(H,18,19)(H2,16,17,20). The average molecular weight is 296 g/mol. The zero-order chi connectivity index (χ0) is 15.8. The lowest BCUT2D eigenvalue weighted by Gasteiger charge is -2.29. The van der Waals surface area contributed by atoms with Crippen LogP contribution in [0.15, 0.2) is 0 Å². The van der Waals surface area contributed by atoms with Crippen LogP contribution in [0.3, 0.4) is 0 Å². The first-order chi connectivity index (χ1) is 8.94. The molecule has 1 saturated carbocycles. The van der Waals surface area contributed by atoms with Gasteiger partial charge in [-0.3, -0.25) is 0 Å². The van der Waals surface area contributed by atoms with Crippen LogP contribution in [-0.4, -0.2) is 35.4 Å². The number of urea groups is 1. The second-order valence-electron chi connectivity index (χ2n) is 5.75. The lowest BCUT2D eigenvalue weighted by atomic mass is 9.92. The van der Waals surface area contributed by atoms with Gasteiger partial charge in [-0.05, 0) is 31.1 Å². The molecular weight excluding hydrogens is 277 g/mol. The Balaban J connectivity index is 2.63. The van der Waals surface area contributed by atoms with Gasteiger partial charge < -0.3 is 15.7 Å². The summed E-state index contributed by atoms with van der Waals surface area (Å²) in [6.07, 6.45) is -3.27. The van der Waals surface area contributed by atoms with Crippen LogP contribution in [-0.2, 0) is 4.79 Å². The Hall–Kier alpha value is -1.47. The van der Waals surface area contributed by atoms with Crippen molar-refractivity contribution >= 4 is 12.0 Å². The van der Waals surface area contributed by atoms with E-state index in [0.29, 0.717) is 12.8 Å². The summed E-state index contributed by atoms with van der Waals surface area (Å²) in [6.45, 7) is 4.61. The van der Waals surface area contributed by atoms with E-state index in [1.54, 1.807) is 0 Å². The Labute approximate surface area is 114 Å². The van der Waals surface area contributed by atoms with Crippen LogP contribution in [0.5, 0.6) is 0 Å². The monoisotopic (exact) mass is 296 g/mol. The molecule has 2 amide bonds. The van der Waals surface area contributed by atoms with Gasteiger partial charge in [0.05, 0.1) is 0 Å². The molecule has 1 rings (SSSR count). The van der Waals surface area contributed by atoms with Gasteiger partial charge in [0.25, 0.3) is 0 Å². The highest BCUT2D eigenvalue weighted by atomic mass is 19.4. The van der Waals surface area contributed by atoms with Crippen molar-refractivity contribution in [1.29, 1.82) is 0 Å². The van der Waals surface area contributed by atoms with Crippen LogP contribution < -0.4 is 10.6 Å². The molecular formula is C12H19F3N2O3. The van der Waals surface area contributed by atoms with Crippen molar-refractivity contribution in [1.82, 2.24) is 10.6 Å². The largest absolute Gasteiger partial charge is 0.479 e. The van der Waals surface area contributed by atoms with Crippen LogP contribution in [0, 0.1) is 11.3 Å². The van der Waals surface area contributed by atoms with Gasteiger partial charge in [-0.15, -0.1) is 0 Å². The molecule has 1 atom stereocenters. The molecule has 0 aromatic heterocycles. The highest BCUT2D eigenvalue weighted by Gasteiger charge is 2.58. The fourth-order valence-electron chi connectivity index (χ4n) is 1.89. The Kier molecular flexibility index (Phi) is 4.26. The second kappa shape index (κ2) is 5.14. The van der Waals surface area contributed by atoms with E-state index >= 15 is 0 Å². The second-order valence-corrected chi connectivity index (χ2v) is 5.75. The Morgan fingerprint density at radius 2 is 1.80 bits per heavy atom. The Morgan fingerprint density at radius 3 is 2.10 bits per heavy atom. The Morgan fingerprint density at radius 1 is 1.30 bits per heavy atom. The summed E-state index contributed by atoms with van der Waals surface area (Å²) in [4.78, 5) is 22.3. The smallest absolute Gasteiger partial charge is 0.422 e. The first-order valence-electron chi connectivity index (χ1n) is 6.31. The van der Waals surface area contributed by atoms with Crippen LogP contribution >= 0.6 is 0 Å². The number of hydrogen-bond acceptors (Lipinski definition) is 2. The molecule has 0 spiro atoms. The topological polar surface area (TPSA) is 78.4 Å². The van der Waals surface area contributed by atoms with Gasteiger partial charge in [0.15, 0.2) is 0 Å². The molecule has 0 bridgehead atoms. The van der Waals surface area contributed by atoms with E-state index in [-0.39, 0.29) is 12.0 Å².